The summed E-state index contributed by atoms with van der Waals surface area (Å²) in [7, 11) is -3.59. The lowest BCUT2D eigenvalue weighted by molar-refractivity contribution is -0.132. The van der Waals surface area contributed by atoms with Crippen LogP contribution in [0, 0.1) is 0 Å². The van der Waals surface area contributed by atoms with Crippen molar-refractivity contribution in [2.75, 3.05) is 32.7 Å². The summed E-state index contributed by atoms with van der Waals surface area (Å²) < 4.78 is 27.8. The fourth-order valence-electron chi connectivity index (χ4n) is 4.18. The molecule has 0 bridgehead atoms. The molecule has 4 rings (SSSR count). The first kappa shape index (κ1) is 25.8. The fraction of sp³-hybridized carbons (Fsp3) is 0.276. The van der Waals surface area contributed by atoms with Gasteiger partial charge in [-0.15, -0.1) is 0 Å². The van der Waals surface area contributed by atoms with Gasteiger partial charge in [0.1, 0.15) is 0 Å². The van der Waals surface area contributed by atoms with Crippen molar-refractivity contribution in [3.05, 3.63) is 108 Å². The molecule has 0 aromatic heterocycles. The molecule has 1 N–H and O–H groups in total. The minimum Gasteiger partial charge on any atom is -0.340 e. The van der Waals surface area contributed by atoms with E-state index in [1.165, 1.54) is 5.56 Å². The maximum absolute atomic E-state index is 12.7. The SMILES string of the molecule is O=C(CCc1ccc(S(=O)(=O)NCc2ccccc2)cc1)N1CCN(C/C=C/c2ccccc2)CC1. The summed E-state index contributed by atoms with van der Waals surface area (Å²) in [5, 5.41) is 0. The topological polar surface area (TPSA) is 69.7 Å². The standard InChI is InChI=1S/C29H33N3O3S/c33-29(32-22-20-31(21-23-32)19-7-12-25-8-3-1-4-9-25)18-15-26-13-16-28(17-14-26)36(34,35)30-24-27-10-5-2-6-11-27/h1-14,16-17,30H,15,18-24H2/b12-7+. The van der Waals surface area contributed by atoms with Crippen LogP contribution in [0.2, 0.25) is 0 Å². The lowest BCUT2D eigenvalue weighted by atomic mass is 10.1. The number of aryl methyl sites for hydroxylation is 1. The molecule has 1 fully saturated rings. The van der Waals surface area contributed by atoms with Crippen molar-refractivity contribution >= 4 is 22.0 Å². The van der Waals surface area contributed by atoms with Gasteiger partial charge in [0.2, 0.25) is 15.9 Å². The Labute approximate surface area is 214 Å². The van der Waals surface area contributed by atoms with E-state index >= 15 is 0 Å². The van der Waals surface area contributed by atoms with Crippen molar-refractivity contribution in [1.29, 1.82) is 0 Å². The molecule has 7 heteroatoms. The van der Waals surface area contributed by atoms with E-state index in [-0.39, 0.29) is 17.3 Å². The Morgan fingerprint density at radius 2 is 1.44 bits per heavy atom. The Morgan fingerprint density at radius 3 is 2.11 bits per heavy atom. The van der Waals surface area contributed by atoms with Crippen LogP contribution >= 0.6 is 0 Å². The highest BCUT2D eigenvalue weighted by Gasteiger charge is 2.20. The highest BCUT2D eigenvalue weighted by Crippen LogP contribution is 2.14. The summed E-state index contributed by atoms with van der Waals surface area (Å²) in [4.78, 5) is 17.2. The molecule has 188 valence electrons. The number of amides is 1. The molecular formula is C29H33N3O3S. The maximum Gasteiger partial charge on any atom is 0.240 e. The Hall–Kier alpha value is -3.26. The lowest BCUT2D eigenvalue weighted by Gasteiger charge is -2.34. The molecule has 0 spiro atoms. The molecule has 0 unspecified atom stereocenters. The van der Waals surface area contributed by atoms with Gasteiger partial charge in [0.05, 0.1) is 4.90 Å². The number of nitrogens with one attached hydrogen (secondary N) is 1. The van der Waals surface area contributed by atoms with Crippen LogP contribution in [0.3, 0.4) is 0 Å². The normalized spacial score (nSPS) is 14.8. The molecule has 6 nitrogen and oxygen atoms in total. The second-order valence-corrected chi connectivity index (χ2v) is 10.7. The largest absolute Gasteiger partial charge is 0.340 e. The predicted octanol–water partition coefficient (Wildman–Crippen LogP) is 3.96. The van der Waals surface area contributed by atoms with E-state index < -0.39 is 10.0 Å². The van der Waals surface area contributed by atoms with Crippen molar-refractivity contribution < 1.29 is 13.2 Å². The number of benzene rings is 3. The van der Waals surface area contributed by atoms with E-state index in [0.29, 0.717) is 12.8 Å². The third-order valence-electron chi connectivity index (χ3n) is 6.37. The number of piperazine rings is 1. The average molecular weight is 504 g/mol. The molecule has 1 aliphatic rings. The summed E-state index contributed by atoms with van der Waals surface area (Å²) in [6.07, 6.45) is 5.32. The molecule has 0 atom stereocenters. The molecule has 1 heterocycles. The van der Waals surface area contributed by atoms with Crippen LogP contribution in [0.15, 0.2) is 95.9 Å². The van der Waals surface area contributed by atoms with Gasteiger partial charge < -0.3 is 4.90 Å². The molecule has 0 aliphatic carbocycles. The molecular weight excluding hydrogens is 470 g/mol. The van der Waals surface area contributed by atoms with E-state index in [1.54, 1.807) is 24.3 Å². The quantitative estimate of drug-likeness (QED) is 0.455. The monoisotopic (exact) mass is 503 g/mol. The van der Waals surface area contributed by atoms with E-state index in [9.17, 15) is 13.2 Å². The van der Waals surface area contributed by atoms with E-state index in [1.807, 2.05) is 53.4 Å². The Morgan fingerprint density at radius 1 is 0.806 bits per heavy atom. The first-order valence-corrected chi connectivity index (χ1v) is 13.8. The van der Waals surface area contributed by atoms with Crippen molar-refractivity contribution in [3.63, 3.8) is 0 Å². The average Bonchev–Trinajstić information content (AvgIpc) is 2.92. The van der Waals surface area contributed by atoms with Gasteiger partial charge in [0, 0.05) is 45.7 Å². The number of carbonyl (C=O) groups excluding carboxylic acids is 1. The fourth-order valence-corrected chi connectivity index (χ4v) is 5.20. The van der Waals surface area contributed by atoms with Gasteiger partial charge in [0.15, 0.2) is 0 Å². The molecule has 1 aliphatic heterocycles. The van der Waals surface area contributed by atoms with Crippen LogP contribution < -0.4 is 4.72 Å². The number of carbonyl (C=O) groups is 1. The number of hydrogen-bond donors (Lipinski definition) is 1. The van der Waals surface area contributed by atoms with Crippen LogP contribution in [-0.2, 0) is 27.8 Å². The van der Waals surface area contributed by atoms with Gasteiger partial charge in [-0.2, -0.15) is 0 Å². The van der Waals surface area contributed by atoms with E-state index in [0.717, 1.165) is 43.9 Å². The summed E-state index contributed by atoms with van der Waals surface area (Å²) in [5.74, 6) is 0.149. The van der Waals surface area contributed by atoms with E-state index in [2.05, 4.69) is 33.9 Å². The molecule has 3 aromatic carbocycles. The van der Waals surface area contributed by atoms with Gasteiger partial charge in [-0.1, -0.05) is 84.9 Å². The molecule has 36 heavy (non-hydrogen) atoms. The van der Waals surface area contributed by atoms with Crippen LogP contribution in [0.1, 0.15) is 23.1 Å². The summed E-state index contributed by atoms with van der Waals surface area (Å²) in [6, 6.07) is 26.5. The number of rotatable bonds is 10. The number of sulfonamides is 1. The number of hydrogen-bond acceptors (Lipinski definition) is 4. The third kappa shape index (κ3) is 7.62. The van der Waals surface area contributed by atoms with Crippen molar-refractivity contribution in [2.45, 2.75) is 24.3 Å². The van der Waals surface area contributed by atoms with Gasteiger partial charge in [-0.3, -0.25) is 9.69 Å². The zero-order valence-corrected chi connectivity index (χ0v) is 21.2. The van der Waals surface area contributed by atoms with Crippen LogP contribution in [0.25, 0.3) is 6.08 Å². The molecule has 0 saturated carbocycles. The lowest BCUT2D eigenvalue weighted by Crippen LogP contribution is -2.48. The minimum atomic E-state index is -3.59. The van der Waals surface area contributed by atoms with Crippen molar-refractivity contribution in [2.24, 2.45) is 0 Å². The Bertz CT molecular complexity index is 1240. The Kier molecular flexibility index (Phi) is 9.06. The van der Waals surface area contributed by atoms with Gasteiger partial charge >= 0.3 is 0 Å². The zero-order valence-electron chi connectivity index (χ0n) is 20.4. The summed E-state index contributed by atoms with van der Waals surface area (Å²) in [6.45, 7) is 4.34. The predicted molar refractivity (Wildman–Crippen MR) is 144 cm³/mol. The first-order chi connectivity index (χ1) is 17.5. The summed E-state index contributed by atoms with van der Waals surface area (Å²) in [5.41, 5.74) is 3.05. The highest BCUT2D eigenvalue weighted by molar-refractivity contribution is 7.89. The highest BCUT2D eigenvalue weighted by atomic mass is 32.2. The molecule has 1 saturated heterocycles. The third-order valence-corrected chi connectivity index (χ3v) is 7.79. The zero-order chi connectivity index (χ0) is 25.2. The molecule has 0 radical (unpaired) electrons. The maximum atomic E-state index is 12.7. The smallest absolute Gasteiger partial charge is 0.240 e. The molecule has 3 aromatic rings. The van der Waals surface area contributed by atoms with Gasteiger partial charge in [0.25, 0.3) is 0 Å². The van der Waals surface area contributed by atoms with Gasteiger partial charge in [-0.25, -0.2) is 13.1 Å². The van der Waals surface area contributed by atoms with Crippen LogP contribution in [-0.4, -0.2) is 56.8 Å². The van der Waals surface area contributed by atoms with Gasteiger partial charge in [-0.05, 0) is 35.2 Å². The van der Waals surface area contributed by atoms with Crippen LogP contribution in [0.4, 0.5) is 0 Å². The second-order valence-electron chi connectivity index (χ2n) is 8.95. The minimum absolute atomic E-state index is 0.149. The van der Waals surface area contributed by atoms with Crippen molar-refractivity contribution in [3.8, 4) is 0 Å². The van der Waals surface area contributed by atoms with E-state index in [4.69, 9.17) is 0 Å². The Balaban J connectivity index is 1.19. The van der Waals surface area contributed by atoms with Crippen LogP contribution in [0.5, 0.6) is 0 Å². The number of nitrogens with zero attached hydrogens (tertiary/aromatic N) is 2. The molecule has 1 amide bonds. The first-order valence-electron chi connectivity index (χ1n) is 12.3. The second kappa shape index (κ2) is 12.6. The van der Waals surface area contributed by atoms with Crippen molar-refractivity contribution in [1.82, 2.24) is 14.5 Å². The summed E-state index contributed by atoms with van der Waals surface area (Å²) >= 11 is 0.